The third-order valence-electron chi connectivity index (χ3n) is 3.94. The number of pyridine rings is 1. The van der Waals surface area contributed by atoms with Crippen molar-refractivity contribution >= 4 is 5.97 Å². The minimum atomic E-state index is -0.901. The molecule has 1 N–H and O–H groups in total. The Morgan fingerprint density at radius 3 is 2.52 bits per heavy atom. The lowest BCUT2D eigenvalue weighted by Crippen LogP contribution is -2.20. The van der Waals surface area contributed by atoms with Crippen molar-refractivity contribution in [1.29, 1.82) is 0 Å². The van der Waals surface area contributed by atoms with Crippen LogP contribution in [0.2, 0.25) is 0 Å². The fourth-order valence-corrected chi connectivity index (χ4v) is 2.93. The molecule has 3 rings (SSSR count). The summed E-state index contributed by atoms with van der Waals surface area (Å²) in [6.07, 6.45) is 0.767. The molecule has 1 aromatic carbocycles. The standard InChI is InChI=1S/C18H19NO2/c1-10-5-6-11-8-12-9-14(17(20)21)16(18(2,3)4)19-15(12)13(11)7-10/h5-7,9H,8H2,1-4H3,(H,20,21). The molecule has 1 aliphatic rings. The number of hydrogen-bond acceptors (Lipinski definition) is 2. The second-order valence-corrected chi connectivity index (χ2v) is 6.78. The summed E-state index contributed by atoms with van der Waals surface area (Å²) in [7, 11) is 0. The topological polar surface area (TPSA) is 50.2 Å². The van der Waals surface area contributed by atoms with E-state index in [1.807, 2.05) is 20.8 Å². The first-order chi connectivity index (χ1) is 9.77. The van der Waals surface area contributed by atoms with Crippen molar-refractivity contribution in [2.45, 2.75) is 39.5 Å². The first kappa shape index (κ1) is 13.8. The van der Waals surface area contributed by atoms with Crippen molar-refractivity contribution in [3.63, 3.8) is 0 Å². The number of hydrogen-bond donors (Lipinski definition) is 1. The third-order valence-corrected chi connectivity index (χ3v) is 3.94. The van der Waals surface area contributed by atoms with Crippen LogP contribution in [0.3, 0.4) is 0 Å². The highest BCUT2D eigenvalue weighted by Crippen LogP contribution is 2.38. The Morgan fingerprint density at radius 1 is 1.19 bits per heavy atom. The van der Waals surface area contributed by atoms with Crippen LogP contribution in [0.25, 0.3) is 11.3 Å². The SMILES string of the molecule is Cc1ccc2c(c1)-c1nc(C(C)(C)C)c(C(=O)O)cc1C2. The number of carbonyl (C=O) groups is 1. The Balaban J connectivity index is 2.28. The Hall–Kier alpha value is -2.16. The van der Waals surface area contributed by atoms with Gasteiger partial charge in [-0.05, 0) is 30.2 Å². The molecular formula is C18H19NO2. The van der Waals surface area contributed by atoms with E-state index in [2.05, 4.69) is 25.1 Å². The third kappa shape index (κ3) is 2.23. The molecule has 3 heteroatoms. The molecule has 0 amide bonds. The van der Waals surface area contributed by atoms with E-state index in [0.717, 1.165) is 23.2 Å². The van der Waals surface area contributed by atoms with Gasteiger partial charge in [-0.2, -0.15) is 0 Å². The number of carboxylic acid groups (broad SMARTS) is 1. The lowest BCUT2D eigenvalue weighted by Gasteiger charge is -2.21. The van der Waals surface area contributed by atoms with Crippen LogP contribution in [0.5, 0.6) is 0 Å². The van der Waals surface area contributed by atoms with Gasteiger partial charge in [-0.1, -0.05) is 38.5 Å². The Kier molecular flexibility index (Phi) is 2.90. The van der Waals surface area contributed by atoms with Crippen LogP contribution in [0, 0.1) is 6.92 Å². The summed E-state index contributed by atoms with van der Waals surface area (Å²) in [5.41, 5.74) is 6.22. The summed E-state index contributed by atoms with van der Waals surface area (Å²) in [6.45, 7) is 8.06. The van der Waals surface area contributed by atoms with Gasteiger partial charge in [-0.3, -0.25) is 4.98 Å². The van der Waals surface area contributed by atoms with Gasteiger partial charge in [0.05, 0.1) is 17.0 Å². The van der Waals surface area contributed by atoms with Gasteiger partial charge in [-0.25, -0.2) is 4.79 Å². The molecule has 0 atom stereocenters. The fourth-order valence-electron chi connectivity index (χ4n) is 2.93. The monoisotopic (exact) mass is 281 g/mol. The largest absolute Gasteiger partial charge is 0.478 e. The number of carboxylic acids is 1. The van der Waals surface area contributed by atoms with Crippen molar-refractivity contribution < 1.29 is 9.90 Å². The van der Waals surface area contributed by atoms with Crippen molar-refractivity contribution in [2.75, 3.05) is 0 Å². The van der Waals surface area contributed by atoms with Gasteiger partial charge < -0.3 is 5.11 Å². The number of benzene rings is 1. The minimum absolute atomic E-state index is 0.296. The molecule has 0 radical (unpaired) electrons. The fraction of sp³-hybridized carbons (Fsp3) is 0.333. The molecule has 108 valence electrons. The zero-order valence-electron chi connectivity index (χ0n) is 12.8. The molecule has 2 aromatic rings. The van der Waals surface area contributed by atoms with E-state index >= 15 is 0 Å². The second kappa shape index (κ2) is 4.42. The summed E-state index contributed by atoms with van der Waals surface area (Å²) in [4.78, 5) is 16.3. The van der Waals surface area contributed by atoms with Gasteiger partial charge in [0, 0.05) is 17.4 Å². The molecule has 0 bridgehead atoms. The van der Waals surface area contributed by atoms with Gasteiger partial charge in [0.15, 0.2) is 0 Å². The van der Waals surface area contributed by atoms with Crippen molar-refractivity contribution in [1.82, 2.24) is 4.98 Å². The van der Waals surface area contributed by atoms with Crippen LogP contribution in [0.15, 0.2) is 24.3 Å². The molecule has 0 aliphatic heterocycles. The number of aromatic nitrogens is 1. The van der Waals surface area contributed by atoms with Crippen LogP contribution < -0.4 is 0 Å². The highest BCUT2D eigenvalue weighted by Gasteiger charge is 2.29. The molecule has 0 spiro atoms. The van der Waals surface area contributed by atoms with E-state index in [4.69, 9.17) is 4.98 Å². The summed E-state index contributed by atoms with van der Waals surface area (Å²) in [6, 6.07) is 8.15. The predicted molar refractivity (Wildman–Crippen MR) is 82.9 cm³/mol. The van der Waals surface area contributed by atoms with Crippen LogP contribution in [0.4, 0.5) is 0 Å². The highest BCUT2D eigenvalue weighted by atomic mass is 16.4. The van der Waals surface area contributed by atoms with Gasteiger partial charge in [-0.15, -0.1) is 0 Å². The zero-order chi connectivity index (χ0) is 15.4. The average Bonchev–Trinajstić information content (AvgIpc) is 2.73. The van der Waals surface area contributed by atoms with E-state index in [1.54, 1.807) is 6.07 Å². The molecule has 0 unspecified atom stereocenters. The molecule has 0 saturated carbocycles. The first-order valence-corrected chi connectivity index (χ1v) is 7.15. The van der Waals surface area contributed by atoms with Crippen LogP contribution in [0.1, 0.15) is 53.5 Å². The maximum Gasteiger partial charge on any atom is 0.337 e. The minimum Gasteiger partial charge on any atom is -0.478 e. The first-order valence-electron chi connectivity index (χ1n) is 7.15. The van der Waals surface area contributed by atoms with Gasteiger partial charge in [0.2, 0.25) is 0 Å². The van der Waals surface area contributed by atoms with Gasteiger partial charge in [0.1, 0.15) is 0 Å². The van der Waals surface area contributed by atoms with E-state index < -0.39 is 5.97 Å². The molecule has 0 saturated heterocycles. The van der Waals surface area contributed by atoms with Crippen LogP contribution in [-0.4, -0.2) is 16.1 Å². The smallest absolute Gasteiger partial charge is 0.337 e. The molecule has 3 nitrogen and oxygen atoms in total. The number of nitrogens with zero attached hydrogens (tertiary/aromatic N) is 1. The quantitative estimate of drug-likeness (QED) is 0.734. The van der Waals surface area contributed by atoms with Gasteiger partial charge in [0.25, 0.3) is 0 Å². The molecular weight excluding hydrogens is 262 g/mol. The summed E-state index contributed by atoms with van der Waals surface area (Å²) in [5, 5.41) is 9.48. The zero-order valence-corrected chi connectivity index (χ0v) is 12.8. The van der Waals surface area contributed by atoms with Crippen molar-refractivity contribution in [3.8, 4) is 11.3 Å². The Bertz CT molecular complexity index is 755. The van der Waals surface area contributed by atoms with Crippen molar-refractivity contribution in [2.24, 2.45) is 0 Å². The van der Waals surface area contributed by atoms with E-state index in [1.165, 1.54) is 11.1 Å². The van der Waals surface area contributed by atoms with Crippen molar-refractivity contribution in [3.05, 3.63) is 52.2 Å². The summed E-state index contributed by atoms with van der Waals surface area (Å²) < 4.78 is 0. The maximum absolute atomic E-state index is 11.6. The number of rotatable bonds is 1. The van der Waals surface area contributed by atoms with E-state index in [9.17, 15) is 9.90 Å². The number of aromatic carboxylic acids is 1. The molecule has 1 heterocycles. The van der Waals surface area contributed by atoms with Crippen LogP contribution >= 0.6 is 0 Å². The molecule has 21 heavy (non-hydrogen) atoms. The predicted octanol–water partition coefficient (Wildman–Crippen LogP) is 3.96. The normalized spacial score (nSPS) is 13.0. The maximum atomic E-state index is 11.6. The van der Waals surface area contributed by atoms with Gasteiger partial charge >= 0.3 is 5.97 Å². The second-order valence-electron chi connectivity index (χ2n) is 6.78. The Morgan fingerprint density at radius 2 is 1.90 bits per heavy atom. The summed E-state index contributed by atoms with van der Waals surface area (Å²) in [5.74, 6) is -0.901. The molecule has 0 fully saturated rings. The molecule has 1 aromatic heterocycles. The van der Waals surface area contributed by atoms with E-state index in [0.29, 0.717) is 11.3 Å². The molecule has 1 aliphatic carbocycles. The van der Waals surface area contributed by atoms with Crippen LogP contribution in [-0.2, 0) is 11.8 Å². The summed E-state index contributed by atoms with van der Waals surface area (Å²) >= 11 is 0. The lowest BCUT2D eigenvalue weighted by molar-refractivity contribution is 0.0693. The average molecular weight is 281 g/mol. The van der Waals surface area contributed by atoms with E-state index in [-0.39, 0.29) is 5.41 Å². The number of aryl methyl sites for hydroxylation is 1. The lowest BCUT2D eigenvalue weighted by atomic mass is 9.87. The highest BCUT2D eigenvalue weighted by molar-refractivity contribution is 5.91. The Labute approximate surface area is 124 Å². The number of fused-ring (bicyclic) bond motifs is 3.